The zero-order chi connectivity index (χ0) is 17.2. The van der Waals surface area contributed by atoms with Gasteiger partial charge < -0.3 is 20.7 Å². The molecule has 0 bridgehead atoms. The summed E-state index contributed by atoms with van der Waals surface area (Å²) >= 11 is 1.67. The van der Waals surface area contributed by atoms with Crippen LogP contribution in [-0.4, -0.2) is 39.1 Å². The fraction of sp³-hybridized carbons (Fsp3) is 0.294. The van der Waals surface area contributed by atoms with Gasteiger partial charge in [0.15, 0.2) is 5.96 Å². The summed E-state index contributed by atoms with van der Waals surface area (Å²) in [6, 6.07) is 9.08. The van der Waals surface area contributed by atoms with E-state index < -0.39 is 0 Å². The van der Waals surface area contributed by atoms with Gasteiger partial charge in [-0.25, -0.2) is 0 Å². The number of benzene rings is 1. The maximum Gasteiger partial charge on any atom is 0.251 e. The molecule has 25 heavy (non-hydrogen) atoms. The molecule has 1 heterocycles. The second-order valence-electron chi connectivity index (χ2n) is 4.97. The number of guanidine groups is 1. The summed E-state index contributed by atoms with van der Waals surface area (Å²) in [6.07, 6.45) is 0. The van der Waals surface area contributed by atoms with Crippen LogP contribution < -0.4 is 20.7 Å². The zero-order valence-corrected chi connectivity index (χ0v) is 17.4. The summed E-state index contributed by atoms with van der Waals surface area (Å²) in [4.78, 5) is 16.2. The number of halogens is 1. The second-order valence-corrected chi connectivity index (χ2v) is 5.75. The molecule has 0 radical (unpaired) electrons. The lowest BCUT2D eigenvalue weighted by Gasteiger charge is -2.12. The lowest BCUT2D eigenvalue weighted by Crippen LogP contribution is -2.41. The summed E-state index contributed by atoms with van der Waals surface area (Å²) in [5, 5.41) is 13.4. The predicted octanol–water partition coefficient (Wildman–Crippen LogP) is 2.47. The van der Waals surface area contributed by atoms with Crippen molar-refractivity contribution in [1.82, 2.24) is 16.0 Å². The fourth-order valence-electron chi connectivity index (χ4n) is 2.00. The minimum atomic E-state index is -0.110. The van der Waals surface area contributed by atoms with Crippen molar-refractivity contribution in [2.45, 2.75) is 6.54 Å². The molecule has 0 aliphatic carbocycles. The molecule has 8 heteroatoms. The van der Waals surface area contributed by atoms with Gasteiger partial charge in [0.1, 0.15) is 5.75 Å². The summed E-state index contributed by atoms with van der Waals surface area (Å²) in [5.41, 5.74) is 1.83. The van der Waals surface area contributed by atoms with Crippen LogP contribution in [0, 0.1) is 0 Å². The molecule has 0 fully saturated rings. The molecule has 6 nitrogen and oxygen atoms in total. The molecule has 2 aromatic rings. The van der Waals surface area contributed by atoms with E-state index in [0.717, 1.165) is 12.3 Å². The van der Waals surface area contributed by atoms with E-state index in [1.807, 2.05) is 5.38 Å². The van der Waals surface area contributed by atoms with Crippen molar-refractivity contribution in [2.75, 3.05) is 27.2 Å². The number of methoxy groups -OCH3 is 1. The van der Waals surface area contributed by atoms with Crippen LogP contribution in [0.15, 0.2) is 46.1 Å². The number of nitrogens with zero attached hydrogens (tertiary/aromatic N) is 1. The smallest absolute Gasteiger partial charge is 0.251 e. The van der Waals surface area contributed by atoms with Gasteiger partial charge in [-0.15, -0.1) is 24.0 Å². The van der Waals surface area contributed by atoms with E-state index >= 15 is 0 Å². The van der Waals surface area contributed by atoms with Crippen LogP contribution >= 0.6 is 35.3 Å². The highest BCUT2D eigenvalue weighted by atomic mass is 127. The van der Waals surface area contributed by atoms with Gasteiger partial charge in [0.2, 0.25) is 0 Å². The van der Waals surface area contributed by atoms with Crippen molar-refractivity contribution in [2.24, 2.45) is 4.99 Å². The molecule has 0 atom stereocenters. The molecule has 0 spiro atoms. The van der Waals surface area contributed by atoms with Gasteiger partial charge >= 0.3 is 0 Å². The quantitative estimate of drug-likeness (QED) is 0.250. The fourth-order valence-corrected chi connectivity index (χ4v) is 2.67. The van der Waals surface area contributed by atoms with E-state index in [1.165, 1.54) is 5.56 Å². The molecule has 3 N–H and O–H groups in total. The van der Waals surface area contributed by atoms with Crippen LogP contribution in [-0.2, 0) is 6.54 Å². The topological polar surface area (TPSA) is 74.8 Å². The first-order valence-corrected chi connectivity index (χ1v) is 8.55. The van der Waals surface area contributed by atoms with Gasteiger partial charge in [-0.2, -0.15) is 11.3 Å². The van der Waals surface area contributed by atoms with Crippen molar-refractivity contribution >= 4 is 47.2 Å². The summed E-state index contributed by atoms with van der Waals surface area (Å²) in [6.45, 7) is 1.82. The number of thiophene rings is 1. The summed E-state index contributed by atoms with van der Waals surface area (Å²) in [7, 11) is 3.32. The third-order valence-electron chi connectivity index (χ3n) is 3.32. The molecule has 0 aliphatic rings. The molecule has 1 amide bonds. The van der Waals surface area contributed by atoms with Crippen molar-refractivity contribution in [3.8, 4) is 5.75 Å². The molecular formula is C17H23IN4O2S. The van der Waals surface area contributed by atoms with Gasteiger partial charge in [-0.05, 0) is 46.7 Å². The number of aliphatic imine (C=N–C) groups is 1. The van der Waals surface area contributed by atoms with Crippen LogP contribution in [0.2, 0.25) is 0 Å². The number of hydrogen-bond acceptors (Lipinski definition) is 4. The Morgan fingerprint density at radius 3 is 2.44 bits per heavy atom. The van der Waals surface area contributed by atoms with Crippen molar-refractivity contribution in [3.05, 3.63) is 52.2 Å². The molecule has 0 saturated carbocycles. The molecule has 0 saturated heterocycles. The zero-order valence-electron chi connectivity index (χ0n) is 14.2. The first-order valence-electron chi connectivity index (χ1n) is 7.60. The molecule has 2 rings (SSSR count). The van der Waals surface area contributed by atoms with Crippen LogP contribution in [0.5, 0.6) is 5.75 Å². The predicted molar refractivity (Wildman–Crippen MR) is 113 cm³/mol. The Bertz CT molecular complexity index is 660. The summed E-state index contributed by atoms with van der Waals surface area (Å²) in [5.74, 6) is 1.33. The third kappa shape index (κ3) is 7.30. The number of carbonyl (C=O) groups excluding carboxylic acids is 1. The maximum absolute atomic E-state index is 12.0. The third-order valence-corrected chi connectivity index (χ3v) is 4.05. The average molecular weight is 474 g/mol. The molecule has 0 unspecified atom stereocenters. The van der Waals surface area contributed by atoms with Crippen LogP contribution in [0.1, 0.15) is 15.9 Å². The SMILES string of the molecule is CN=C(NCCNC(=O)c1ccc(OC)cc1)NCc1ccsc1.I. The Balaban J connectivity index is 0.00000312. The number of rotatable bonds is 7. The number of amides is 1. The van der Waals surface area contributed by atoms with Crippen LogP contribution in [0.4, 0.5) is 0 Å². The monoisotopic (exact) mass is 474 g/mol. The van der Waals surface area contributed by atoms with Crippen LogP contribution in [0.3, 0.4) is 0 Å². The van der Waals surface area contributed by atoms with Crippen molar-refractivity contribution < 1.29 is 9.53 Å². The minimum absolute atomic E-state index is 0. The average Bonchev–Trinajstić information content (AvgIpc) is 3.14. The van der Waals surface area contributed by atoms with E-state index in [1.54, 1.807) is 49.8 Å². The Morgan fingerprint density at radius 1 is 1.12 bits per heavy atom. The number of carbonyl (C=O) groups is 1. The van der Waals surface area contributed by atoms with E-state index in [-0.39, 0.29) is 29.9 Å². The van der Waals surface area contributed by atoms with Crippen molar-refractivity contribution in [1.29, 1.82) is 0 Å². The highest BCUT2D eigenvalue weighted by Gasteiger charge is 2.05. The Morgan fingerprint density at radius 2 is 1.84 bits per heavy atom. The Hall–Kier alpha value is -1.81. The molecular weight excluding hydrogens is 451 g/mol. The second kappa shape index (κ2) is 11.7. The molecule has 1 aromatic heterocycles. The minimum Gasteiger partial charge on any atom is -0.497 e. The van der Waals surface area contributed by atoms with Crippen molar-refractivity contribution in [3.63, 3.8) is 0 Å². The molecule has 0 aliphatic heterocycles. The Kier molecular flexibility index (Phi) is 9.93. The van der Waals surface area contributed by atoms with Gasteiger partial charge in [-0.1, -0.05) is 0 Å². The molecule has 1 aromatic carbocycles. The van der Waals surface area contributed by atoms with Gasteiger partial charge in [0, 0.05) is 32.2 Å². The number of ether oxygens (including phenoxy) is 1. The van der Waals surface area contributed by atoms with E-state index in [2.05, 4.69) is 32.4 Å². The lowest BCUT2D eigenvalue weighted by atomic mass is 10.2. The van der Waals surface area contributed by atoms with Gasteiger partial charge in [0.05, 0.1) is 7.11 Å². The van der Waals surface area contributed by atoms with Crippen LogP contribution in [0.25, 0.3) is 0 Å². The highest BCUT2D eigenvalue weighted by molar-refractivity contribution is 14.0. The summed E-state index contributed by atoms with van der Waals surface area (Å²) < 4.78 is 5.07. The number of hydrogen-bond donors (Lipinski definition) is 3. The lowest BCUT2D eigenvalue weighted by molar-refractivity contribution is 0.0954. The standard InChI is InChI=1S/C17H22N4O2S.HI/c1-18-17(21-11-13-7-10-24-12-13)20-9-8-19-16(22)14-3-5-15(23-2)6-4-14;/h3-7,10,12H,8-9,11H2,1-2H3,(H,19,22)(H2,18,20,21);1H. The highest BCUT2D eigenvalue weighted by Crippen LogP contribution is 2.10. The van der Waals surface area contributed by atoms with Gasteiger partial charge in [0.25, 0.3) is 5.91 Å². The normalized spacial score (nSPS) is 10.6. The first kappa shape index (κ1) is 21.2. The maximum atomic E-state index is 12.0. The van der Waals surface area contributed by atoms with E-state index in [4.69, 9.17) is 4.74 Å². The van der Waals surface area contributed by atoms with E-state index in [9.17, 15) is 4.79 Å². The van der Waals surface area contributed by atoms with Gasteiger partial charge in [-0.3, -0.25) is 9.79 Å². The largest absolute Gasteiger partial charge is 0.497 e. The first-order chi connectivity index (χ1) is 11.7. The number of nitrogens with one attached hydrogen (secondary N) is 3. The Labute approximate surface area is 169 Å². The molecule has 136 valence electrons. The van der Waals surface area contributed by atoms with E-state index in [0.29, 0.717) is 24.6 Å².